The first-order valence-corrected chi connectivity index (χ1v) is 7.53. The van der Waals surface area contributed by atoms with Crippen LogP contribution in [-0.4, -0.2) is 24.6 Å². The van der Waals surface area contributed by atoms with E-state index in [1.54, 1.807) is 36.4 Å². The smallest absolute Gasteiger partial charge is 0.329 e. The molecule has 24 heavy (non-hydrogen) atoms. The zero-order chi connectivity index (χ0) is 17.4. The van der Waals surface area contributed by atoms with Gasteiger partial charge in [-0.25, -0.2) is 5.43 Å². The van der Waals surface area contributed by atoms with Crippen LogP contribution in [0.5, 0.6) is 5.75 Å². The monoisotopic (exact) mass is 325 g/mol. The average molecular weight is 325 g/mol. The summed E-state index contributed by atoms with van der Waals surface area (Å²) in [5, 5.41) is 6.31. The summed E-state index contributed by atoms with van der Waals surface area (Å²) in [6, 6.07) is 14.4. The van der Waals surface area contributed by atoms with Gasteiger partial charge in [0.05, 0.1) is 12.8 Å². The molecular weight excluding hydrogens is 306 g/mol. The third kappa shape index (κ3) is 4.95. The fourth-order valence-electron chi connectivity index (χ4n) is 1.93. The van der Waals surface area contributed by atoms with Crippen LogP contribution >= 0.6 is 0 Å². The number of carbonyl (C=O) groups excluding carboxylic acids is 2. The Balaban J connectivity index is 1.87. The summed E-state index contributed by atoms with van der Waals surface area (Å²) in [4.78, 5) is 23.5. The molecule has 0 atom stereocenters. The minimum atomic E-state index is -0.833. The molecule has 2 rings (SSSR count). The number of benzene rings is 2. The Hall–Kier alpha value is -3.15. The summed E-state index contributed by atoms with van der Waals surface area (Å²) < 4.78 is 5.33. The van der Waals surface area contributed by atoms with Crippen molar-refractivity contribution in [3.63, 3.8) is 0 Å². The van der Waals surface area contributed by atoms with Gasteiger partial charge in [0.2, 0.25) is 0 Å². The van der Waals surface area contributed by atoms with Crippen molar-refractivity contribution in [3.05, 3.63) is 59.7 Å². The van der Waals surface area contributed by atoms with E-state index in [4.69, 9.17) is 4.74 Å². The number of nitrogens with zero attached hydrogens (tertiary/aromatic N) is 1. The molecule has 0 bridgehead atoms. The molecule has 0 unspecified atom stereocenters. The van der Waals surface area contributed by atoms with Crippen LogP contribution in [0.15, 0.2) is 53.6 Å². The molecule has 0 saturated heterocycles. The number of ether oxygens (including phenoxy) is 1. The van der Waals surface area contributed by atoms with Crippen molar-refractivity contribution in [1.82, 2.24) is 5.43 Å². The number of hydrogen-bond donors (Lipinski definition) is 2. The van der Waals surface area contributed by atoms with Crippen molar-refractivity contribution in [2.24, 2.45) is 5.10 Å². The lowest BCUT2D eigenvalue weighted by Crippen LogP contribution is -2.32. The van der Waals surface area contributed by atoms with E-state index in [2.05, 4.69) is 15.8 Å². The first-order chi connectivity index (χ1) is 11.6. The zero-order valence-electron chi connectivity index (χ0n) is 13.6. The number of rotatable bonds is 5. The van der Waals surface area contributed by atoms with Crippen LogP contribution in [0.2, 0.25) is 0 Å². The van der Waals surface area contributed by atoms with Crippen molar-refractivity contribution in [3.8, 4) is 5.75 Å². The Labute approximate surface area is 140 Å². The Morgan fingerprint density at radius 2 is 1.79 bits per heavy atom. The lowest BCUT2D eigenvalue weighted by molar-refractivity contribution is -0.136. The van der Waals surface area contributed by atoms with Crippen LogP contribution in [0, 0.1) is 6.92 Å². The summed E-state index contributed by atoms with van der Waals surface area (Å²) in [5.74, 6) is -0.843. The van der Waals surface area contributed by atoms with Crippen molar-refractivity contribution >= 4 is 23.7 Å². The van der Waals surface area contributed by atoms with E-state index in [0.29, 0.717) is 12.3 Å². The van der Waals surface area contributed by atoms with E-state index >= 15 is 0 Å². The highest BCUT2D eigenvalue weighted by molar-refractivity contribution is 6.39. The Morgan fingerprint density at radius 1 is 1.08 bits per heavy atom. The average Bonchev–Trinajstić information content (AvgIpc) is 2.58. The zero-order valence-corrected chi connectivity index (χ0v) is 13.6. The normalized spacial score (nSPS) is 10.4. The number of aryl methyl sites for hydroxylation is 1. The molecule has 0 aliphatic rings. The topological polar surface area (TPSA) is 79.8 Å². The molecule has 0 radical (unpaired) electrons. The third-order valence-electron chi connectivity index (χ3n) is 3.17. The summed E-state index contributed by atoms with van der Waals surface area (Å²) in [5.41, 5.74) is 4.44. The van der Waals surface area contributed by atoms with Gasteiger partial charge >= 0.3 is 11.8 Å². The van der Waals surface area contributed by atoms with E-state index in [1.807, 2.05) is 26.0 Å². The molecule has 0 spiro atoms. The van der Waals surface area contributed by atoms with E-state index < -0.39 is 11.8 Å². The molecule has 2 N–H and O–H groups in total. The molecule has 2 amide bonds. The third-order valence-corrected chi connectivity index (χ3v) is 3.17. The lowest BCUT2D eigenvalue weighted by atomic mass is 10.2. The van der Waals surface area contributed by atoms with Crippen LogP contribution in [0.25, 0.3) is 0 Å². The second-order valence-electron chi connectivity index (χ2n) is 4.97. The van der Waals surface area contributed by atoms with Gasteiger partial charge in [-0.2, -0.15) is 5.10 Å². The molecule has 0 fully saturated rings. The van der Waals surface area contributed by atoms with Gasteiger partial charge in [0, 0.05) is 5.69 Å². The molecule has 0 aliphatic carbocycles. The number of anilines is 1. The molecule has 0 heterocycles. The SMILES string of the molecule is CCOc1ccc(C=NNC(=O)C(=O)Nc2ccccc2C)cc1. The second kappa shape index (κ2) is 8.47. The number of carbonyl (C=O) groups is 2. The predicted molar refractivity (Wildman–Crippen MR) is 93.2 cm³/mol. The second-order valence-corrected chi connectivity index (χ2v) is 4.97. The fourth-order valence-corrected chi connectivity index (χ4v) is 1.93. The van der Waals surface area contributed by atoms with Gasteiger partial charge in [-0.3, -0.25) is 9.59 Å². The standard InChI is InChI=1S/C18H19N3O3/c1-3-24-15-10-8-14(9-11-15)12-19-21-18(23)17(22)20-16-7-5-4-6-13(16)2/h4-12H,3H2,1-2H3,(H,20,22)(H,21,23). The van der Waals surface area contributed by atoms with Crippen LogP contribution in [0.3, 0.4) is 0 Å². The van der Waals surface area contributed by atoms with Gasteiger partial charge in [-0.15, -0.1) is 0 Å². The molecular formula is C18H19N3O3. The maximum Gasteiger partial charge on any atom is 0.329 e. The van der Waals surface area contributed by atoms with Gasteiger partial charge in [-0.05, 0) is 55.3 Å². The number of hydrazone groups is 1. The maximum absolute atomic E-state index is 11.8. The van der Waals surface area contributed by atoms with Gasteiger partial charge < -0.3 is 10.1 Å². The van der Waals surface area contributed by atoms with Gasteiger partial charge in [-0.1, -0.05) is 18.2 Å². The van der Waals surface area contributed by atoms with E-state index in [0.717, 1.165) is 16.9 Å². The van der Waals surface area contributed by atoms with Crippen molar-refractivity contribution in [2.75, 3.05) is 11.9 Å². The predicted octanol–water partition coefficient (Wildman–Crippen LogP) is 2.48. The number of hydrogen-bond acceptors (Lipinski definition) is 4. The lowest BCUT2D eigenvalue weighted by Gasteiger charge is -2.06. The van der Waals surface area contributed by atoms with E-state index in [9.17, 15) is 9.59 Å². The summed E-state index contributed by atoms with van der Waals surface area (Å²) in [7, 11) is 0. The maximum atomic E-state index is 11.8. The van der Waals surface area contributed by atoms with Gasteiger partial charge in [0.15, 0.2) is 0 Å². The molecule has 6 nitrogen and oxygen atoms in total. The molecule has 0 aromatic heterocycles. The Bertz CT molecular complexity index is 739. The molecule has 0 saturated carbocycles. The largest absolute Gasteiger partial charge is 0.494 e. The summed E-state index contributed by atoms with van der Waals surface area (Å²) in [6.07, 6.45) is 1.45. The minimum absolute atomic E-state index is 0.591. The number of nitrogens with one attached hydrogen (secondary N) is 2. The molecule has 0 aliphatic heterocycles. The first-order valence-electron chi connectivity index (χ1n) is 7.53. The van der Waals surface area contributed by atoms with Crippen molar-refractivity contribution in [2.45, 2.75) is 13.8 Å². The van der Waals surface area contributed by atoms with Gasteiger partial charge in [0.25, 0.3) is 0 Å². The van der Waals surface area contributed by atoms with Crippen LogP contribution < -0.4 is 15.5 Å². The summed E-state index contributed by atoms with van der Waals surface area (Å²) >= 11 is 0. The molecule has 6 heteroatoms. The molecule has 124 valence electrons. The van der Waals surface area contributed by atoms with E-state index in [1.165, 1.54) is 6.21 Å². The Kier molecular flexibility index (Phi) is 6.08. The Morgan fingerprint density at radius 3 is 2.46 bits per heavy atom. The minimum Gasteiger partial charge on any atom is -0.494 e. The quantitative estimate of drug-likeness (QED) is 0.503. The number of para-hydroxylation sites is 1. The molecule has 2 aromatic carbocycles. The first kappa shape index (κ1) is 17.2. The van der Waals surface area contributed by atoms with Crippen molar-refractivity contribution in [1.29, 1.82) is 0 Å². The number of amides is 2. The highest BCUT2D eigenvalue weighted by Crippen LogP contribution is 2.13. The molecule has 2 aromatic rings. The van der Waals surface area contributed by atoms with Gasteiger partial charge in [0.1, 0.15) is 5.75 Å². The highest BCUT2D eigenvalue weighted by atomic mass is 16.5. The highest BCUT2D eigenvalue weighted by Gasteiger charge is 2.13. The van der Waals surface area contributed by atoms with E-state index in [-0.39, 0.29) is 0 Å². The van der Waals surface area contributed by atoms with Crippen molar-refractivity contribution < 1.29 is 14.3 Å². The fraction of sp³-hybridized carbons (Fsp3) is 0.167. The van der Waals surface area contributed by atoms with Crippen LogP contribution in [0.1, 0.15) is 18.1 Å². The van der Waals surface area contributed by atoms with Crippen LogP contribution in [-0.2, 0) is 9.59 Å². The summed E-state index contributed by atoms with van der Waals surface area (Å²) in [6.45, 7) is 4.35. The van der Waals surface area contributed by atoms with Crippen LogP contribution in [0.4, 0.5) is 5.69 Å².